The number of hydrogen-bond acceptors (Lipinski definition) is 30. The number of aliphatic hydroxyl groups excluding tert-OH is 3. The molecule has 49 heteroatoms. The first-order valence-electron chi connectivity index (χ1n) is 38.9. The molecule has 33 nitrogen and oxygen atoms in total. The number of nitro groups is 2. The molecule has 1 aliphatic heterocycles. The van der Waals surface area contributed by atoms with E-state index >= 15 is 0 Å². The van der Waals surface area contributed by atoms with Gasteiger partial charge in [-0.25, -0.2) is 29.5 Å². The molecule has 7 heterocycles. The summed E-state index contributed by atoms with van der Waals surface area (Å²) in [6.07, 6.45) is 3.26. The molecule has 1 saturated heterocycles. The number of alkyl halides is 9. The highest BCUT2D eigenvalue weighted by Crippen LogP contribution is 2.45. The van der Waals surface area contributed by atoms with Gasteiger partial charge in [-0.05, 0) is 186 Å². The minimum absolute atomic E-state index is 0.00579. The molecule has 0 aromatic carbocycles. The zero-order valence-electron chi connectivity index (χ0n) is 72.8. The maximum absolute atomic E-state index is 12.8. The van der Waals surface area contributed by atoms with Gasteiger partial charge in [-0.2, -0.15) is 49.5 Å². The number of allylic oxidation sites excluding steroid dienone is 4. The number of rotatable bonds is 22. The largest absolute Gasteiger partial charge is 0.486 e. The number of aromatic nitrogens is 6. The van der Waals surface area contributed by atoms with Crippen molar-refractivity contribution in [3.63, 3.8) is 0 Å². The monoisotopic (exact) mass is 2020 g/mol. The Morgan fingerprint density at radius 3 is 1.18 bits per heavy atom. The van der Waals surface area contributed by atoms with Gasteiger partial charge in [0.15, 0.2) is 10.3 Å². The van der Waals surface area contributed by atoms with Crippen LogP contribution in [0.5, 0.6) is 35.3 Å². The number of ether oxygens (including phenoxy) is 8. The summed E-state index contributed by atoms with van der Waals surface area (Å²) in [5, 5.41) is 51.1. The van der Waals surface area contributed by atoms with Crippen molar-refractivity contribution >= 4 is 150 Å². The molecule has 0 radical (unpaired) electrons. The fourth-order valence-electron chi connectivity index (χ4n) is 12.2. The summed E-state index contributed by atoms with van der Waals surface area (Å²) in [4.78, 5) is 86.4. The number of carbonyl (C=O) groups is 4. The second-order valence-electron chi connectivity index (χ2n) is 29.1. The van der Waals surface area contributed by atoms with Crippen molar-refractivity contribution in [2.45, 2.75) is 154 Å². The highest BCUT2D eigenvalue weighted by Gasteiger charge is 2.50. The number of nitrogen functional groups attached to an aromatic ring is 3. The summed E-state index contributed by atoms with van der Waals surface area (Å²) in [6.45, 7) is 13.5. The molecule has 6 aromatic heterocycles. The Kier molecular flexibility index (Phi) is 47.5. The SMILES string of the molecule is C=CC(=O)Cl.C=CC(=O)Nc1cc(/C=C/C2CCC(C(F)(F)F)CC2)c(OC)nc1CO.CC1(C)OB(/C=C/C2CCC(C(F)(F)F)CC2)OC1(C)C.COC(=O)c1nc(OC)c(Cl)cc1N.COC(=O)c1nc(OC)c(Cl)cc1[N+](=O)[O-].COc1nc(Br)c([N+](=O)[O-])cc1Cl.COc1nc(CO)c(N)cc1/C=C/C1CCC(C(F)(F)F)CC1.COc1nc(CO)c(N)cc1Cl. The molecule has 1 amide bonds. The Balaban J connectivity index is 0.000000397. The number of anilines is 4. The lowest BCUT2D eigenvalue weighted by Gasteiger charge is -2.32. The van der Waals surface area contributed by atoms with Crippen LogP contribution in [0.3, 0.4) is 0 Å². The molecule has 10 N–H and O–H groups in total. The molecular formula is C82H100BBrCl5F9N12O21. The van der Waals surface area contributed by atoms with Crippen LogP contribution in [0.4, 0.5) is 73.6 Å². The molecule has 722 valence electrons. The molecule has 6 aromatic rings. The maximum atomic E-state index is 12.8. The van der Waals surface area contributed by atoms with E-state index in [2.05, 4.69) is 73.8 Å². The van der Waals surface area contributed by atoms with E-state index in [9.17, 15) is 84.0 Å². The van der Waals surface area contributed by atoms with E-state index < -0.39 is 94.3 Å². The lowest BCUT2D eigenvalue weighted by Crippen LogP contribution is -2.41. The average molecular weight is 2030 g/mol. The van der Waals surface area contributed by atoms with Gasteiger partial charge in [0.05, 0.1) is 155 Å². The van der Waals surface area contributed by atoms with E-state index in [1.165, 1.54) is 68.0 Å². The maximum Gasteiger partial charge on any atom is 0.486 e. The molecule has 4 fully saturated rings. The molecule has 0 bridgehead atoms. The predicted molar refractivity (Wildman–Crippen MR) is 477 cm³/mol. The van der Waals surface area contributed by atoms with Gasteiger partial charge in [-0.3, -0.25) is 29.8 Å². The molecule has 10 rings (SSSR count). The number of nitrogens with one attached hydrogen (secondary N) is 1. The number of pyridine rings is 6. The highest BCUT2D eigenvalue weighted by atomic mass is 79.9. The van der Waals surface area contributed by atoms with E-state index in [1.807, 2.05) is 51.9 Å². The summed E-state index contributed by atoms with van der Waals surface area (Å²) in [5.74, 6) is -2.24. The van der Waals surface area contributed by atoms with Gasteiger partial charge in [0.2, 0.25) is 52.1 Å². The molecule has 0 atom stereocenters. The predicted octanol–water partition coefficient (Wildman–Crippen LogP) is 18.9. The van der Waals surface area contributed by atoms with Gasteiger partial charge in [-0.15, -0.1) is 0 Å². The summed E-state index contributed by atoms with van der Waals surface area (Å²) >= 11 is 30.4. The zero-order valence-corrected chi connectivity index (χ0v) is 78.2. The number of esters is 2. The van der Waals surface area contributed by atoms with E-state index in [-0.39, 0.29) is 153 Å². The zero-order chi connectivity index (χ0) is 99.4. The van der Waals surface area contributed by atoms with Crippen LogP contribution in [0.25, 0.3) is 12.2 Å². The number of amides is 1. The van der Waals surface area contributed by atoms with Gasteiger partial charge in [0.25, 0.3) is 0 Å². The number of halogens is 15. The smallest absolute Gasteiger partial charge is 0.481 e. The first-order chi connectivity index (χ1) is 61.3. The van der Waals surface area contributed by atoms with Crippen molar-refractivity contribution in [3.8, 4) is 35.3 Å². The summed E-state index contributed by atoms with van der Waals surface area (Å²) in [5.41, 5.74) is 18.2. The van der Waals surface area contributed by atoms with Gasteiger partial charge in [0.1, 0.15) is 20.1 Å². The van der Waals surface area contributed by atoms with Gasteiger partial charge in [-0.1, -0.05) is 95.9 Å². The Morgan fingerprint density at radius 1 is 0.504 bits per heavy atom. The number of aliphatic hydroxyl groups is 3. The fourth-order valence-corrected chi connectivity index (χ4v) is 13.6. The van der Waals surface area contributed by atoms with E-state index in [0.29, 0.717) is 89.0 Å². The minimum atomic E-state index is -4.12. The third-order valence-corrected chi connectivity index (χ3v) is 21.9. The van der Waals surface area contributed by atoms with Crippen LogP contribution < -0.4 is 50.9 Å². The van der Waals surface area contributed by atoms with Crippen LogP contribution in [0.2, 0.25) is 20.1 Å². The topological polar surface area (TPSA) is 475 Å². The van der Waals surface area contributed by atoms with Gasteiger partial charge in [0, 0.05) is 23.3 Å². The van der Waals surface area contributed by atoms with Crippen molar-refractivity contribution in [3.05, 3.63) is 170 Å². The molecule has 4 aliphatic rings. The molecule has 0 spiro atoms. The van der Waals surface area contributed by atoms with Crippen LogP contribution >= 0.6 is 73.9 Å². The lowest BCUT2D eigenvalue weighted by atomic mass is 9.79. The normalized spacial score (nSPS) is 17.8. The van der Waals surface area contributed by atoms with Crippen LogP contribution in [0, 0.1) is 55.7 Å². The van der Waals surface area contributed by atoms with Crippen molar-refractivity contribution in [2.24, 2.45) is 35.5 Å². The molecule has 0 unspecified atom stereocenters. The Hall–Kier alpha value is -10.2. The number of hydrogen-bond donors (Lipinski definition) is 7. The second kappa shape index (κ2) is 54.1. The number of carbonyl (C=O) groups excluding carboxylic acids is 4. The quantitative estimate of drug-likeness (QED) is 0.00485. The molecular weight excluding hydrogens is 1930 g/mol. The first-order valence-corrected chi connectivity index (χ1v) is 41.6. The van der Waals surface area contributed by atoms with E-state index in [0.717, 1.165) is 25.3 Å². The second-order valence-corrected chi connectivity index (χ2v) is 31.9. The van der Waals surface area contributed by atoms with Crippen LogP contribution in [-0.4, -0.2) is 172 Å². The van der Waals surface area contributed by atoms with E-state index in [4.69, 9.17) is 123 Å². The Morgan fingerprint density at radius 2 is 0.824 bits per heavy atom. The minimum Gasteiger partial charge on any atom is -0.481 e. The summed E-state index contributed by atoms with van der Waals surface area (Å²) in [7, 11) is 10.3. The van der Waals surface area contributed by atoms with Crippen LogP contribution in [-0.2, 0) is 48.2 Å². The van der Waals surface area contributed by atoms with Crippen molar-refractivity contribution in [2.75, 3.05) is 79.4 Å². The molecule has 3 aliphatic carbocycles. The van der Waals surface area contributed by atoms with Crippen LogP contribution in [0.1, 0.15) is 154 Å². The number of nitrogens with zero attached hydrogens (tertiary/aromatic N) is 8. The third-order valence-electron chi connectivity index (χ3n) is 20.0. The molecule has 3 saturated carbocycles. The Bertz CT molecular complexity index is 4910. The lowest BCUT2D eigenvalue weighted by molar-refractivity contribution is -0.386. The standard InChI is InChI=1S/C19H23F3N2O3.C16H21F3N2O2.C15H24BF3O2.C8H7ClN2O5.C8H9ClN2O3.C7H9ClN2O2.C6H4BrClN2O3.C3H3ClO/c1-3-17(26)23-15-10-13(18(27-2)24-16(15)11-25)7-4-12-5-8-14(9-6-12)19(20,21)22;1-23-15-11(8-13(20)14(9-22)21-15)5-2-10-3-6-12(7-4-10)16(17,18)19;1-13(2)14(3,4)21-16(20-13)10-9-11-5-7-12(8-6-11)15(17,18)19;1-15-7-4(9)3-5(11(13)14)6(10-7)8(12)16-2;1-13-7-4(9)3-5(10)6(11-7)8(12)14-2;1-12-7-4(8)2-5(9)6(3-11)10-7;1-13-6-3(8)2-4(10(11)12)5(7)9-6;1-2-3(4)5/h3-4,7,10,12,14,25H,1,5-6,8-9,11H2,2H3,(H,23,26);2,5,8,10,12,22H,3-4,6-7,9,20H2,1H3;9-12H,5-8H2,1-4H3;3H,1-2H3;3H,10H2,1-2H3;2,11H,3,9H2,1H3;2H,1H3;2H,1H2/b7-4+;5-2+;10-9+;;;;;. The first kappa shape index (κ1) is 115. The van der Waals surface area contributed by atoms with Crippen molar-refractivity contribution in [1.82, 2.24) is 29.9 Å². The number of nitrogens with two attached hydrogens (primary N) is 3. The summed E-state index contributed by atoms with van der Waals surface area (Å²) in [6, 6.07) is 8.31. The summed E-state index contributed by atoms with van der Waals surface area (Å²) < 4.78 is 164. The Labute approximate surface area is 781 Å². The van der Waals surface area contributed by atoms with Gasteiger partial charge < -0.3 is 85.0 Å². The fraction of sp³-hybridized carbons (Fsp3) is 0.463. The van der Waals surface area contributed by atoms with Crippen molar-refractivity contribution < 1.29 is 131 Å². The van der Waals surface area contributed by atoms with Crippen molar-refractivity contribution in [1.29, 1.82) is 0 Å². The number of methoxy groups -OCH3 is 8. The highest BCUT2D eigenvalue weighted by molar-refractivity contribution is 9.10. The van der Waals surface area contributed by atoms with Gasteiger partial charge >= 0.3 is 49.0 Å². The molecule has 131 heavy (non-hydrogen) atoms. The average Bonchev–Trinajstić information content (AvgIpc) is 1.63. The van der Waals surface area contributed by atoms with Crippen LogP contribution in [0.15, 0.2) is 90.5 Å². The third kappa shape index (κ3) is 36.4. The van der Waals surface area contributed by atoms with E-state index in [1.54, 1.807) is 24.3 Å².